The number of carbonyl (C=O) groups is 1. The number of ether oxygens (including phenoxy) is 2. The first kappa shape index (κ1) is 14.0. The van der Waals surface area contributed by atoms with Crippen LogP contribution in [0.4, 0.5) is 0 Å². The third-order valence-electron chi connectivity index (χ3n) is 2.26. The highest BCUT2D eigenvalue weighted by Crippen LogP contribution is 2.25. The van der Waals surface area contributed by atoms with Gasteiger partial charge in [-0.25, -0.2) is 4.79 Å². The van der Waals surface area contributed by atoms with Crippen LogP contribution in [0.3, 0.4) is 0 Å². The molecule has 0 amide bonds. The highest BCUT2D eigenvalue weighted by Gasteiger charge is 2.20. The highest BCUT2D eigenvalue weighted by atomic mass is 127. The Balaban J connectivity index is 2.94. The van der Waals surface area contributed by atoms with Crippen LogP contribution in [0.5, 0.6) is 5.75 Å². The summed E-state index contributed by atoms with van der Waals surface area (Å²) in [6.45, 7) is 0. The molecule has 0 aliphatic heterocycles. The Morgan fingerprint density at radius 2 is 1.94 bits per heavy atom. The molecule has 92 valence electrons. The number of rotatable bonds is 4. The molecular weight excluding hydrogens is 335 g/mol. The predicted molar refractivity (Wildman–Crippen MR) is 72.1 cm³/mol. The van der Waals surface area contributed by atoms with Crippen molar-refractivity contribution in [3.8, 4) is 5.75 Å². The molecule has 0 bridgehead atoms. The maximum absolute atomic E-state index is 11.4. The summed E-state index contributed by atoms with van der Waals surface area (Å²) in [5, 5.41) is 10.0. The summed E-state index contributed by atoms with van der Waals surface area (Å²) in [4.78, 5) is 11.4. The van der Waals surface area contributed by atoms with Crippen LogP contribution < -0.4 is 4.74 Å². The molecule has 1 rings (SSSR count). The number of aliphatic hydroxyl groups is 1. The van der Waals surface area contributed by atoms with Crippen molar-refractivity contribution in [3.05, 3.63) is 39.5 Å². The van der Waals surface area contributed by atoms with Gasteiger partial charge in [-0.1, -0.05) is 34.7 Å². The van der Waals surface area contributed by atoms with Crippen LogP contribution in [0.15, 0.2) is 33.9 Å². The van der Waals surface area contributed by atoms with Gasteiger partial charge in [-0.3, -0.25) is 0 Å². The number of halogens is 1. The smallest absolute Gasteiger partial charge is 0.337 e. The summed E-state index contributed by atoms with van der Waals surface area (Å²) in [5.41, 5.74) is 0.817. The van der Waals surface area contributed by atoms with Crippen molar-refractivity contribution in [2.24, 2.45) is 0 Å². The molecule has 0 saturated carbocycles. The number of esters is 1. The van der Waals surface area contributed by atoms with E-state index in [1.165, 1.54) is 11.2 Å². The van der Waals surface area contributed by atoms with E-state index in [9.17, 15) is 9.90 Å². The Kier molecular flexibility index (Phi) is 5.43. The topological polar surface area (TPSA) is 55.8 Å². The molecule has 0 heterocycles. The summed E-state index contributed by atoms with van der Waals surface area (Å²) in [6.07, 6.45) is -0.995. The fourth-order valence-electron chi connectivity index (χ4n) is 1.30. The molecule has 0 aromatic heterocycles. The normalized spacial score (nSPS) is 13.1. The van der Waals surface area contributed by atoms with Gasteiger partial charge in [0.2, 0.25) is 0 Å². The lowest BCUT2D eigenvalue weighted by atomic mass is 10.0. The van der Waals surface area contributed by atoms with Crippen LogP contribution in [0.2, 0.25) is 0 Å². The van der Waals surface area contributed by atoms with E-state index in [4.69, 9.17) is 4.74 Å². The first-order valence-corrected chi connectivity index (χ1v) is 6.09. The van der Waals surface area contributed by atoms with Gasteiger partial charge in [0.05, 0.1) is 19.8 Å². The second kappa shape index (κ2) is 6.61. The molecule has 1 atom stereocenters. The first-order chi connectivity index (χ1) is 8.13. The molecule has 1 unspecified atom stereocenters. The minimum absolute atomic E-state index is 0.207. The summed E-state index contributed by atoms with van der Waals surface area (Å²) in [5.74, 6) is 0.154. The lowest BCUT2D eigenvalue weighted by Crippen LogP contribution is -2.12. The van der Waals surface area contributed by atoms with Gasteiger partial charge in [-0.2, -0.15) is 0 Å². The lowest BCUT2D eigenvalue weighted by molar-refractivity contribution is -0.137. The Labute approximate surface area is 113 Å². The molecule has 0 fully saturated rings. The van der Waals surface area contributed by atoms with Gasteiger partial charge in [-0.05, 0) is 21.8 Å². The molecule has 4 nitrogen and oxygen atoms in total. The maximum Gasteiger partial charge on any atom is 0.337 e. The van der Waals surface area contributed by atoms with Crippen molar-refractivity contribution in [2.45, 2.75) is 6.10 Å². The van der Waals surface area contributed by atoms with Gasteiger partial charge in [0.25, 0.3) is 0 Å². The van der Waals surface area contributed by atoms with Crippen LogP contribution in [0, 0.1) is 0 Å². The van der Waals surface area contributed by atoms with Crippen molar-refractivity contribution in [1.82, 2.24) is 0 Å². The first-order valence-electron chi connectivity index (χ1n) is 4.84. The second-order valence-electron chi connectivity index (χ2n) is 3.23. The van der Waals surface area contributed by atoms with Crippen molar-refractivity contribution >= 4 is 28.6 Å². The molecule has 5 heteroatoms. The molecule has 0 spiro atoms. The summed E-state index contributed by atoms with van der Waals surface area (Å²) in [7, 11) is 2.85. The van der Waals surface area contributed by atoms with Crippen LogP contribution in [0.1, 0.15) is 11.7 Å². The fraction of sp³-hybridized carbons (Fsp3) is 0.250. The maximum atomic E-state index is 11.4. The largest absolute Gasteiger partial charge is 0.497 e. The zero-order chi connectivity index (χ0) is 12.8. The monoisotopic (exact) mass is 348 g/mol. The molecule has 1 aromatic rings. The van der Waals surface area contributed by atoms with E-state index in [1.807, 2.05) is 22.6 Å². The number of hydrogen-bond acceptors (Lipinski definition) is 4. The molecule has 1 N–H and O–H groups in total. The van der Waals surface area contributed by atoms with Gasteiger partial charge in [0.15, 0.2) is 0 Å². The van der Waals surface area contributed by atoms with Crippen LogP contribution >= 0.6 is 22.6 Å². The van der Waals surface area contributed by atoms with E-state index in [1.54, 1.807) is 31.4 Å². The van der Waals surface area contributed by atoms with Crippen molar-refractivity contribution in [3.63, 3.8) is 0 Å². The summed E-state index contributed by atoms with van der Waals surface area (Å²) in [6, 6.07) is 6.85. The number of methoxy groups -OCH3 is 2. The van der Waals surface area contributed by atoms with Crippen LogP contribution in [0.25, 0.3) is 0 Å². The third kappa shape index (κ3) is 3.44. The van der Waals surface area contributed by atoms with E-state index in [0.29, 0.717) is 11.3 Å². The zero-order valence-electron chi connectivity index (χ0n) is 9.51. The average molecular weight is 348 g/mol. The minimum Gasteiger partial charge on any atom is -0.497 e. The SMILES string of the molecule is COC(=O)/C(=C\I)C(O)c1ccc(OC)cc1. The van der Waals surface area contributed by atoms with Crippen molar-refractivity contribution in [2.75, 3.05) is 14.2 Å². The number of aliphatic hydroxyl groups excluding tert-OH is 1. The fourth-order valence-corrected chi connectivity index (χ4v) is 1.89. The van der Waals surface area contributed by atoms with Gasteiger partial charge in [-0.15, -0.1) is 0 Å². The van der Waals surface area contributed by atoms with E-state index < -0.39 is 12.1 Å². The van der Waals surface area contributed by atoms with Gasteiger partial charge >= 0.3 is 5.97 Å². The molecule has 0 aliphatic rings. The minimum atomic E-state index is -0.995. The third-order valence-corrected chi connectivity index (χ3v) is 2.94. The number of benzene rings is 1. The van der Waals surface area contributed by atoms with Crippen LogP contribution in [-0.4, -0.2) is 25.3 Å². The molecule has 0 saturated heterocycles. The second-order valence-corrected chi connectivity index (χ2v) is 3.85. The van der Waals surface area contributed by atoms with Gasteiger partial charge < -0.3 is 14.6 Å². The van der Waals surface area contributed by atoms with E-state index >= 15 is 0 Å². The number of hydrogen-bond donors (Lipinski definition) is 1. The average Bonchev–Trinajstić information content (AvgIpc) is 2.39. The lowest BCUT2D eigenvalue weighted by Gasteiger charge is -2.13. The van der Waals surface area contributed by atoms with Gasteiger partial charge in [0.1, 0.15) is 11.9 Å². The highest BCUT2D eigenvalue weighted by molar-refractivity contribution is 14.1. The molecule has 0 radical (unpaired) electrons. The summed E-state index contributed by atoms with van der Waals surface area (Å²) < 4.78 is 11.1. The van der Waals surface area contributed by atoms with Crippen LogP contribution in [-0.2, 0) is 9.53 Å². The predicted octanol–water partition coefficient (Wildman–Crippen LogP) is 2.22. The number of carbonyl (C=O) groups excluding carboxylic acids is 1. The van der Waals surface area contributed by atoms with E-state index in [2.05, 4.69) is 4.74 Å². The Morgan fingerprint density at radius 3 is 2.35 bits per heavy atom. The standard InChI is InChI=1S/C12H13IO4/c1-16-9-5-3-8(4-6-9)11(14)10(7-13)12(15)17-2/h3-7,11,14H,1-2H3/b10-7-. The quantitative estimate of drug-likeness (QED) is 0.515. The Hall–Kier alpha value is -1.08. The van der Waals surface area contributed by atoms with Crippen molar-refractivity contribution in [1.29, 1.82) is 0 Å². The molecule has 17 heavy (non-hydrogen) atoms. The van der Waals surface area contributed by atoms with Crippen molar-refractivity contribution < 1.29 is 19.4 Å². The Morgan fingerprint density at radius 1 is 1.35 bits per heavy atom. The molecule has 0 aliphatic carbocycles. The van der Waals surface area contributed by atoms with E-state index in [-0.39, 0.29) is 5.57 Å². The summed E-state index contributed by atoms with van der Waals surface area (Å²) >= 11 is 1.90. The molecule has 1 aromatic carbocycles. The van der Waals surface area contributed by atoms with E-state index in [0.717, 1.165) is 0 Å². The Bertz CT molecular complexity index is 411. The molecular formula is C12H13IO4. The zero-order valence-corrected chi connectivity index (χ0v) is 11.7. The van der Waals surface area contributed by atoms with Gasteiger partial charge in [0, 0.05) is 0 Å².